The smallest absolute Gasteiger partial charge is 0.154 e. The summed E-state index contributed by atoms with van der Waals surface area (Å²) in [5.41, 5.74) is 2.05. The van der Waals surface area contributed by atoms with Crippen LogP contribution in [0.1, 0.15) is 0 Å². The van der Waals surface area contributed by atoms with Gasteiger partial charge in [-0.25, -0.2) is 0 Å². The van der Waals surface area contributed by atoms with Gasteiger partial charge in [0, 0.05) is 92.1 Å². The Morgan fingerprint density at radius 3 is 1.46 bits per heavy atom. The molecule has 0 fully saturated rings. The van der Waals surface area contributed by atoms with Crippen LogP contribution in [0.15, 0.2) is 60.9 Å². The first-order valence-electron chi connectivity index (χ1n) is 8.65. The van der Waals surface area contributed by atoms with Gasteiger partial charge in [0.05, 0.1) is 11.0 Å². The van der Waals surface area contributed by atoms with Gasteiger partial charge >= 0.3 is 0 Å². The Hall–Kier alpha value is -0.932. The molecule has 2 aromatic heterocycles. The molecule has 4 rings (SSSR count). The van der Waals surface area contributed by atoms with Crippen LogP contribution in [0.25, 0.3) is 32.6 Å². The summed E-state index contributed by atoms with van der Waals surface area (Å²) < 4.78 is 0. The van der Waals surface area contributed by atoms with Crippen LogP contribution in [0.5, 0.6) is 0 Å². The molecule has 0 N–H and O–H groups in total. The van der Waals surface area contributed by atoms with Crippen LogP contribution in [0.3, 0.4) is 0 Å². The van der Waals surface area contributed by atoms with Gasteiger partial charge in [-0.2, -0.15) is 0 Å². The maximum Gasteiger partial charge on any atom is 0.154 e. The van der Waals surface area contributed by atoms with E-state index in [2.05, 4.69) is 73.0 Å². The molecule has 2 heterocycles. The molecule has 2 nitrogen and oxygen atoms in total. The molecular weight excluding hydrogens is 537 g/mol. The second-order valence-corrected chi connectivity index (χ2v) is 13.2. The molecule has 2 aromatic carbocycles. The summed E-state index contributed by atoms with van der Waals surface area (Å²) in [5.74, 6) is 1.56. The molecule has 0 atom stereocenters. The van der Waals surface area contributed by atoms with Crippen molar-refractivity contribution >= 4 is 48.4 Å². The maximum atomic E-state index is 4.52. The maximum absolute atomic E-state index is 4.52. The largest absolute Gasteiger partial charge is 0.256 e. The van der Waals surface area contributed by atoms with Crippen LogP contribution >= 0.6 is 15.8 Å². The average molecular weight is 563 g/mol. The van der Waals surface area contributed by atoms with Crippen LogP contribution < -0.4 is 0 Å². The summed E-state index contributed by atoms with van der Waals surface area (Å²) >= 11 is 0. The van der Waals surface area contributed by atoms with E-state index >= 15 is 0 Å². The molecule has 0 saturated heterocycles. The van der Waals surface area contributed by atoms with Crippen LogP contribution in [0, 0.1) is 0 Å². The molecule has 138 valence electrons. The van der Waals surface area contributed by atoms with Crippen molar-refractivity contribution in [1.29, 1.82) is 0 Å². The summed E-state index contributed by atoms with van der Waals surface area (Å²) in [7, 11) is 0.222. The van der Waals surface area contributed by atoms with Gasteiger partial charge in [-0.1, -0.05) is 36.4 Å². The third-order valence-electron chi connectivity index (χ3n) is 4.03. The van der Waals surface area contributed by atoms with Gasteiger partial charge in [0.15, 0.2) is 5.90 Å². The molecule has 0 aliphatic rings. The van der Waals surface area contributed by atoms with Gasteiger partial charge in [0.25, 0.3) is 0 Å². The van der Waals surface area contributed by atoms with Crippen molar-refractivity contribution in [2.24, 2.45) is 0 Å². The van der Waals surface area contributed by atoms with Crippen LogP contribution in [-0.2, 0) is 21.1 Å². The Balaban J connectivity index is 0.000000265. The fraction of sp³-hybridized carbons (Fsp3) is 0.238. The van der Waals surface area contributed by atoms with E-state index in [0.29, 0.717) is 0 Å². The summed E-state index contributed by atoms with van der Waals surface area (Å²) in [5, 5.41) is 4.64. The molecule has 4 aromatic rings. The fourth-order valence-corrected chi connectivity index (χ4v) is 8.85. The molecule has 26 heavy (non-hydrogen) atoms. The number of rotatable bonds is 2. The van der Waals surface area contributed by atoms with Crippen molar-refractivity contribution in [3.63, 3.8) is 0 Å². The van der Waals surface area contributed by atoms with Crippen molar-refractivity contribution in [1.82, 2.24) is 9.97 Å². The Labute approximate surface area is 172 Å². The zero-order valence-corrected chi connectivity index (χ0v) is 20.0. The number of nitrogens with zero attached hydrogens (tertiary/aromatic N) is 2. The monoisotopic (exact) mass is 563 g/mol. The zero-order valence-electron chi connectivity index (χ0n) is 15.7. The normalized spacial score (nSPS) is 10.8. The van der Waals surface area contributed by atoms with E-state index in [-0.39, 0.29) is 36.9 Å². The second-order valence-electron chi connectivity index (χ2n) is 6.97. The number of pyridine rings is 2. The van der Waals surface area contributed by atoms with E-state index in [9.17, 15) is 0 Å². The van der Waals surface area contributed by atoms with E-state index in [4.69, 9.17) is 0 Å². The van der Waals surface area contributed by atoms with Crippen molar-refractivity contribution in [2.45, 2.75) is 0 Å². The average Bonchev–Trinajstić information content (AvgIpc) is 2.60. The standard InChI is InChI=1S/C16H10N2.C5H14P2.Pt/c1-3-12-7-5-11-6-8-13-4-2-10-18-16(13)14(11)15(12)17-9-1;1-6(2)5-7(3)4;/h1-10H;5H2,1-4H3;/p+2. The Morgan fingerprint density at radius 2 is 1.08 bits per heavy atom. The number of aromatic nitrogens is 2. The van der Waals surface area contributed by atoms with Crippen LogP contribution in [0.2, 0.25) is 0 Å². The number of fused-ring (bicyclic) bond motifs is 5. The predicted molar refractivity (Wildman–Crippen MR) is 120 cm³/mol. The van der Waals surface area contributed by atoms with Crippen molar-refractivity contribution in [3.05, 3.63) is 60.9 Å². The third kappa shape index (κ3) is 5.07. The molecule has 0 bridgehead atoms. The summed E-state index contributed by atoms with van der Waals surface area (Å²) in [4.78, 5) is 9.04. The molecular formula is C21H26N2P2Pt+2. The Morgan fingerprint density at radius 1 is 0.654 bits per heavy atom. The van der Waals surface area contributed by atoms with Crippen molar-refractivity contribution in [2.75, 3.05) is 32.6 Å². The zero-order chi connectivity index (χ0) is 17.8. The molecule has 0 radical (unpaired) electrons. The Kier molecular flexibility index (Phi) is 8.09. The van der Waals surface area contributed by atoms with E-state index in [1.165, 1.54) is 5.39 Å². The van der Waals surface area contributed by atoms with Gasteiger partial charge < -0.3 is 0 Å². The first kappa shape index (κ1) is 21.4. The minimum atomic E-state index is 0. The van der Waals surface area contributed by atoms with Gasteiger partial charge in [0.1, 0.15) is 0 Å². The summed E-state index contributed by atoms with van der Waals surface area (Å²) in [6, 6.07) is 16.6. The second kappa shape index (κ2) is 9.85. The molecule has 0 aliphatic heterocycles. The SMILES string of the molecule is C[PH+](C)C[PH+](C)C.[Pt].c1cnc2c(c1)ccc1ccc3cccnc3c12. The van der Waals surface area contributed by atoms with Gasteiger partial charge in [0.2, 0.25) is 0 Å². The fourth-order valence-electron chi connectivity index (χ4n) is 3.20. The minimum absolute atomic E-state index is 0. The molecule has 0 saturated carbocycles. The van der Waals surface area contributed by atoms with Gasteiger partial charge in [-0.3, -0.25) is 9.97 Å². The number of hydrogen-bond acceptors (Lipinski definition) is 2. The topological polar surface area (TPSA) is 25.8 Å². The first-order chi connectivity index (χ1) is 12.1. The van der Waals surface area contributed by atoms with Crippen molar-refractivity contribution in [3.8, 4) is 0 Å². The molecule has 0 aliphatic carbocycles. The molecule has 5 heteroatoms. The predicted octanol–water partition coefficient (Wildman–Crippen LogP) is 5.83. The molecule has 0 spiro atoms. The first-order valence-corrected chi connectivity index (χ1v) is 14.1. The summed E-state index contributed by atoms with van der Waals surface area (Å²) in [6.07, 6.45) is 3.67. The van der Waals surface area contributed by atoms with E-state index in [1.54, 1.807) is 5.90 Å². The third-order valence-corrected chi connectivity index (χ3v) is 9.69. The van der Waals surface area contributed by atoms with Gasteiger partial charge in [-0.05, 0) is 17.5 Å². The Bertz CT molecular complexity index is 926. The van der Waals surface area contributed by atoms with E-state index in [1.807, 2.05) is 24.5 Å². The van der Waals surface area contributed by atoms with E-state index in [0.717, 1.165) is 27.2 Å². The quantitative estimate of drug-likeness (QED) is 0.227. The molecule has 0 unspecified atom stereocenters. The molecule has 0 amide bonds. The van der Waals surface area contributed by atoms with Crippen molar-refractivity contribution < 1.29 is 21.1 Å². The summed E-state index contributed by atoms with van der Waals surface area (Å²) in [6.45, 7) is 9.56. The van der Waals surface area contributed by atoms with Gasteiger partial charge in [-0.15, -0.1) is 0 Å². The van der Waals surface area contributed by atoms with Crippen LogP contribution in [-0.4, -0.2) is 42.5 Å². The van der Waals surface area contributed by atoms with Crippen LogP contribution in [0.4, 0.5) is 0 Å². The number of benzene rings is 2. The minimum Gasteiger partial charge on any atom is -0.256 e. The number of hydrogen-bond donors (Lipinski definition) is 0. The van der Waals surface area contributed by atoms with E-state index < -0.39 is 0 Å².